The van der Waals surface area contributed by atoms with E-state index in [9.17, 15) is 4.79 Å². The third-order valence-electron chi connectivity index (χ3n) is 3.42. The van der Waals surface area contributed by atoms with Gasteiger partial charge in [0.05, 0.1) is 20.8 Å². The minimum Gasteiger partial charge on any atom is -0.493 e. The smallest absolute Gasteiger partial charge is 0.225 e. The molecule has 0 radical (unpaired) electrons. The van der Waals surface area contributed by atoms with Gasteiger partial charge in [-0.15, -0.1) is 0 Å². The number of nitrogens with one attached hydrogen (secondary N) is 1. The largest absolute Gasteiger partial charge is 0.493 e. The van der Waals surface area contributed by atoms with Crippen molar-refractivity contribution in [2.75, 3.05) is 26.1 Å². The summed E-state index contributed by atoms with van der Waals surface area (Å²) in [7, 11) is 3.18. The number of carbonyl (C=O) groups excluding carboxylic acids is 1. The molecule has 0 fully saturated rings. The maximum atomic E-state index is 12.2. The van der Waals surface area contributed by atoms with E-state index in [1.165, 1.54) is 0 Å². The number of aromatic nitrogens is 1. The molecule has 24 heavy (non-hydrogen) atoms. The van der Waals surface area contributed by atoms with Crippen LogP contribution in [0.25, 0.3) is 0 Å². The Morgan fingerprint density at radius 2 is 1.92 bits per heavy atom. The zero-order valence-corrected chi connectivity index (χ0v) is 14.2. The molecule has 0 aliphatic carbocycles. The first-order valence-corrected chi connectivity index (χ1v) is 7.76. The second-order valence-electron chi connectivity index (χ2n) is 5.02. The molecule has 0 atom stereocenters. The maximum Gasteiger partial charge on any atom is 0.225 e. The van der Waals surface area contributed by atoms with Crippen molar-refractivity contribution in [3.63, 3.8) is 0 Å². The molecular weight excluding hydrogens is 308 g/mol. The van der Waals surface area contributed by atoms with E-state index in [0.717, 1.165) is 5.56 Å². The molecule has 6 heteroatoms. The van der Waals surface area contributed by atoms with Crippen LogP contribution in [0, 0.1) is 0 Å². The lowest BCUT2D eigenvalue weighted by atomic mass is 10.1. The quantitative estimate of drug-likeness (QED) is 0.805. The number of pyridine rings is 1. The monoisotopic (exact) mass is 330 g/mol. The SMILES string of the molecule is CCOc1cccnc1NC(=O)CCc1ccc(OC)c(OC)c1. The first-order valence-electron chi connectivity index (χ1n) is 7.76. The van der Waals surface area contributed by atoms with Crippen LogP contribution in [0.2, 0.25) is 0 Å². The van der Waals surface area contributed by atoms with Crippen molar-refractivity contribution in [2.24, 2.45) is 0 Å². The Kier molecular flexibility index (Phi) is 6.42. The Morgan fingerprint density at radius 1 is 1.12 bits per heavy atom. The number of benzene rings is 1. The number of methoxy groups -OCH3 is 2. The molecule has 2 rings (SSSR count). The molecule has 0 bridgehead atoms. The van der Waals surface area contributed by atoms with Crippen molar-refractivity contribution in [1.29, 1.82) is 0 Å². The van der Waals surface area contributed by atoms with Gasteiger partial charge in [0.1, 0.15) is 0 Å². The number of ether oxygens (including phenoxy) is 3. The second kappa shape index (κ2) is 8.76. The lowest BCUT2D eigenvalue weighted by Crippen LogP contribution is -2.14. The van der Waals surface area contributed by atoms with Crippen LogP contribution in [0.4, 0.5) is 5.82 Å². The first-order chi connectivity index (χ1) is 11.7. The van der Waals surface area contributed by atoms with Gasteiger partial charge < -0.3 is 19.5 Å². The molecule has 6 nitrogen and oxygen atoms in total. The Bertz CT molecular complexity index is 688. The first kappa shape index (κ1) is 17.6. The number of hydrogen-bond donors (Lipinski definition) is 1. The highest BCUT2D eigenvalue weighted by molar-refractivity contribution is 5.91. The van der Waals surface area contributed by atoms with Crippen LogP contribution < -0.4 is 19.5 Å². The van der Waals surface area contributed by atoms with Gasteiger partial charge in [-0.05, 0) is 43.2 Å². The number of rotatable bonds is 8. The predicted molar refractivity (Wildman–Crippen MR) is 91.9 cm³/mol. The van der Waals surface area contributed by atoms with Crippen LogP contribution >= 0.6 is 0 Å². The number of amides is 1. The van der Waals surface area contributed by atoms with E-state index in [4.69, 9.17) is 14.2 Å². The fourth-order valence-corrected chi connectivity index (χ4v) is 2.24. The average molecular weight is 330 g/mol. The van der Waals surface area contributed by atoms with Crippen molar-refractivity contribution in [3.05, 3.63) is 42.1 Å². The van der Waals surface area contributed by atoms with Gasteiger partial charge in [-0.1, -0.05) is 6.07 Å². The molecule has 0 unspecified atom stereocenters. The fourth-order valence-electron chi connectivity index (χ4n) is 2.24. The Morgan fingerprint density at radius 3 is 2.62 bits per heavy atom. The van der Waals surface area contributed by atoms with Gasteiger partial charge >= 0.3 is 0 Å². The molecule has 1 aromatic carbocycles. The highest BCUT2D eigenvalue weighted by Gasteiger charge is 2.10. The van der Waals surface area contributed by atoms with E-state index in [-0.39, 0.29) is 5.91 Å². The summed E-state index contributed by atoms with van der Waals surface area (Å²) in [6.45, 7) is 2.40. The van der Waals surface area contributed by atoms with Crippen LogP contribution in [-0.4, -0.2) is 31.7 Å². The number of nitrogens with zero attached hydrogens (tertiary/aromatic N) is 1. The summed E-state index contributed by atoms with van der Waals surface area (Å²) in [5.41, 5.74) is 0.994. The van der Waals surface area contributed by atoms with E-state index in [2.05, 4.69) is 10.3 Å². The summed E-state index contributed by atoms with van der Waals surface area (Å²) in [6.07, 6.45) is 2.53. The van der Waals surface area contributed by atoms with E-state index in [1.807, 2.05) is 25.1 Å². The zero-order valence-electron chi connectivity index (χ0n) is 14.2. The van der Waals surface area contributed by atoms with Crippen molar-refractivity contribution in [1.82, 2.24) is 4.98 Å². The minimum absolute atomic E-state index is 0.121. The van der Waals surface area contributed by atoms with Gasteiger partial charge in [0, 0.05) is 12.6 Å². The standard InChI is InChI=1S/C18H22N2O4/c1-4-24-15-6-5-11-19-18(15)20-17(21)10-8-13-7-9-14(22-2)16(12-13)23-3/h5-7,9,11-12H,4,8,10H2,1-3H3,(H,19,20,21). The maximum absolute atomic E-state index is 12.2. The third-order valence-corrected chi connectivity index (χ3v) is 3.42. The van der Waals surface area contributed by atoms with Crippen LogP contribution in [0.1, 0.15) is 18.9 Å². The summed E-state index contributed by atoms with van der Waals surface area (Å²) in [6, 6.07) is 9.17. The number of anilines is 1. The highest BCUT2D eigenvalue weighted by Crippen LogP contribution is 2.28. The summed E-state index contributed by atoms with van der Waals surface area (Å²) >= 11 is 0. The molecule has 0 spiro atoms. The second-order valence-corrected chi connectivity index (χ2v) is 5.02. The van der Waals surface area contributed by atoms with Gasteiger partial charge in [-0.3, -0.25) is 4.79 Å². The van der Waals surface area contributed by atoms with E-state index < -0.39 is 0 Å². The van der Waals surface area contributed by atoms with Crippen molar-refractivity contribution in [2.45, 2.75) is 19.8 Å². The average Bonchev–Trinajstić information content (AvgIpc) is 2.61. The van der Waals surface area contributed by atoms with Crippen molar-refractivity contribution >= 4 is 11.7 Å². The van der Waals surface area contributed by atoms with Crippen LogP contribution in [-0.2, 0) is 11.2 Å². The zero-order chi connectivity index (χ0) is 17.4. The Balaban J connectivity index is 1.96. The van der Waals surface area contributed by atoms with Crippen molar-refractivity contribution in [3.8, 4) is 17.2 Å². The van der Waals surface area contributed by atoms with Gasteiger partial charge in [0.2, 0.25) is 5.91 Å². The topological polar surface area (TPSA) is 69.7 Å². The summed E-state index contributed by atoms with van der Waals surface area (Å²) < 4.78 is 15.9. The van der Waals surface area contributed by atoms with Gasteiger partial charge in [-0.2, -0.15) is 0 Å². The van der Waals surface area contributed by atoms with Crippen LogP contribution in [0.5, 0.6) is 17.2 Å². The van der Waals surface area contributed by atoms with Crippen LogP contribution in [0.3, 0.4) is 0 Å². The van der Waals surface area contributed by atoms with E-state index >= 15 is 0 Å². The number of carbonyl (C=O) groups is 1. The molecule has 0 aliphatic rings. The summed E-state index contributed by atoms with van der Waals surface area (Å²) in [5, 5.41) is 2.79. The molecule has 0 aliphatic heterocycles. The molecule has 2 aromatic rings. The van der Waals surface area contributed by atoms with E-state index in [1.54, 1.807) is 32.5 Å². The van der Waals surface area contributed by atoms with Gasteiger partial charge in [0.15, 0.2) is 23.1 Å². The van der Waals surface area contributed by atoms with Gasteiger partial charge in [-0.25, -0.2) is 4.98 Å². The van der Waals surface area contributed by atoms with E-state index in [0.29, 0.717) is 42.5 Å². The third kappa shape index (κ3) is 4.62. The molecule has 1 heterocycles. The Labute approximate surface area is 141 Å². The highest BCUT2D eigenvalue weighted by atomic mass is 16.5. The minimum atomic E-state index is -0.121. The summed E-state index contributed by atoms with van der Waals surface area (Å²) in [4.78, 5) is 16.3. The lowest BCUT2D eigenvalue weighted by Gasteiger charge is -2.11. The lowest BCUT2D eigenvalue weighted by molar-refractivity contribution is -0.116. The molecule has 0 saturated heterocycles. The predicted octanol–water partition coefficient (Wildman–Crippen LogP) is 3.07. The number of hydrogen-bond acceptors (Lipinski definition) is 5. The normalized spacial score (nSPS) is 10.1. The Hall–Kier alpha value is -2.76. The van der Waals surface area contributed by atoms with Gasteiger partial charge in [0.25, 0.3) is 0 Å². The molecule has 128 valence electrons. The molecule has 1 amide bonds. The van der Waals surface area contributed by atoms with Crippen molar-refractivity contribution < 1.29 is 19.0 Å². The summed E-state index contributed by atoms with van der Waals surface area (Å²) in [5.74, 6) is 2.21. The van der Waals surface area contributed by atoms with Crippen LogP contribution in [0.15, 0.2) is 36.5 Å². The molecule has 1 aromatic heterocycles. The number of aryl methyl sites for hydroxylation is 1. The molecule has 1 N–H and O–H groups in total. The fraction of sp³-hybridized carbons (Fsp3) is 0.333. The molecular formula is C18H22N2O4. The molecule has 0 saturated carbocycles.